The molecule has 0 atom stereocenters. The van der Waals surface area contributed by atoms with Gasteiger partial charge >= 0.3 is 5.97 Å². The molecule has 1 aromatic carbocycles. The Morgan fingerprint density at radius 2 is 2.18 bits per heavy atom. The Morgan fingerprint density at radius 1 is 1.53 bits per heavy atom. The molecule has 0 aliphatic heterocycles. The largest absolute Gasteiger partial charge is 0.468 e. The highest BCUT2D eigenvalue weighted by atomic mass is 35.5. The molecule has 94 valence electrons. The summed E-state index contributed by atoms with van der Waals surface area (Å²) in [5.41, 5.74) is 5.57. The number of anilines is 1. The van der Waals surface area contributed by atoms with Gasteiger partial charge in [0.2, 0.25) is 10.0 Å². The minimum absolute atomic E-state index is 0.0479. The van der Waals surface area contributed by atoms with Crippen molar-refractivity contribution in [2.45, 2.75) is 4.90 Å². The maximum atomic E-state index is 11.8. The van der Waals surface area contributed by atoms with Crippen molar-refractivity contribution in [3.05, 3.63) is 23.2 Å². The summed E-state index contributed by atoms with van der Waals surface area (Å²) in [7, 11) is -2.72. The number of halogens is 1. The van der Waals surface area contributed by atoms with Crippen molar-refractivity contribution < 1.29 is 17.9 Å². The Kier molecular flexibility index (Phi) is 4.33. The summed E-state index contributed by atoms with van der Waals surface area (Å²) in [4.78, 5) is 10.7. The number of nitrogens with one attached hydrogen (secondary N) is 1. The number of nitrogen functional groups attached to an aromatic ring is 1. The van der Waals surface area contributed by atoms with Crippen LogP contribution in [0, 0.1) is 0 Å². The van der Waals surface area contributed by atoms with Crippen LogP contribution in [-0.2, 0) is 19.6 Å². The van der Waals surface area contributed by atoms with Gasteiger partial charge in [-0.2, -0.15) is 4.72 Å². The first kappa shape index (κ1) is 13.8. The number of nitrogens with two attached hydrogens (primary N) is 1. The number of carbonyl (C=O) groups excluding carboxylic acids is 1. The molecule has 0 aliphatic carbocycles. The van der Waals surface area contributed by atoms with Gasteiger partial charge in [-0.1, -0.05) is 11.6 Å². The van der Waals surface area contributed by atoms with E-state index in [0.717, 1.165) is 7.11 Å². The van der Waals surface area contributed by atoms with Gasteiger partial charge in [0.15, 0.2) is 0 Å². The monoisotopic (exact) mass is 278 g/mol. The van der Waals surface area contributed by atoms with Crippen LogP contribution < -0.4 is 10.5 Å². The molecule has 0 heterocycles. The van der Waals surface area contributed by atoms with Crippen molar-refractivity contribution in [3.63, 3.8) is 0 Å². The molecular formula is C9H11ClN2O4S. The van der Waals surface area contributed by atoms with Crippen LogP contribution in [0.15, 0.2) is 23.1 Å². The molecule has 0 spiro atoms. The molecule has 1 aromatic rings. The number of ether oxygens (including phenoxy) is 1. The summed E-state index contributed by atoms with van der Waals surface area (Å²) >= 11 is 5.67. The summed E-state index contributed by atoms with van der Waals surface area (Å²) in [6, 6.07) is 4.04. The van der Waals surface area contributed by atoms with Crippen LogP contribution in [0.1, 0.15) is 0 Å². The topological polar surface area (TPSA) is 98.5 Å². The zero-order valence-corrected chi connectivity index (χ0v) is 10.5. The third-order valence-corrected chi connectivity index (χ3v) is 3.59. The van der Waals surface area contributed by atoms with Gasteiger partial charge in [0.25, 0.3) is 0 Å². The quantitative estimate of drug-likeness (QED) is 0.612. The van der Waals surface area contributed by atoms with E-state index >= 15 is 0 Å². The molecule has 17 heavy (non-hydrogen) atoms. The molecule has 0 radical (unpaired) electrons. The molecular weight excluding hydrogens is 268 g/mol. The van der Waals surface area contributed by atoms with Crippen LogP contribution in [-0.4, -0.2) is 28.0 Å². The van der Waals surface area contributed by atoms with Crippen molar-refractivity contribution in [1.82, 2.24) is 4.72 Å². The molecule has 0 aliphatic rings. The van der Waals surface area contributed by atoms with Gasteiger partial charge in [-0.05, 0) is 18.2 Å². The number of hydrogen-bond acceptors (Lipinski definition) is 5. The molecule has 0 bridgehead atoms. The fourth-order valence-corrected chi connectivity index (χ4v) is 2.41. The molecule has 0 saturated carbocycles. The molecule has 1 rings (SSSR count). The third-order valence-electron chi connectivity index (χ3n) is 1.90. The number of sulfonamides is 1. The van der Waals surface area contributed by atoms with Gasteiger partial charge in [-0.15, -0.1) is 0 Å². The Balaban J connectivity index is 2.97. The van der Waals surface area contributed by atoms with Gasteiger partial charge in [-0.3, -0.25) is 4.79 Å². The lowest BCUT2D eigenvalue weighted by Gasteiger charge is -2.08. The first-order valence-electron chi connectivity index (χ1n) is 4.48. The molecule has 0 fully saturated rings. The smallest absolute Gasteiger partial charge is 0.320 e. The predicted molar refractivity (Wildman–Crippen MR) is 63.1 cm³/mol. The predicted octanol–water partition coefficient (Wildman–Crippen LogP) is 0.373. The van der Waals surface area contributed by atoms with Crippen LogP contribution in [0.25, 0.3) is 0 Å². The Morgan fingerprint density at radius 3 is 2.76 bits per heavy atom. The molecule has 8 heteroatoms. The average molecular weight is 279 g/mol. The number of rotatable bonds is 4. The third kappa shape index (κ3) is 3.58. The van der Waals surface area contributed by atoms with Crippen molar-refractivity contribution in [1.29, 1.82) is 0 Å². The van der Waals surface area contributed by atoms with Crippen LogP contribution >= 0.6 is 11.6 Å². The molecule has 0 amide bonds. The highest BCUT2D eigenvalue weighted by molar-refractivity contribution is 7.89. The van der Waals surface area contributed by atoms with Gasteiger partial charge in [0.1, 0.15) is 11.4 Å². The van der Waals surface area contributed by atoms with Gasteiger partial charge in [0.05, 0.1) is 12.8 Å². The maximum Gasteiger partial charge on any atom is 0.320 e. The summed E-state index contributed by atoms with van der Waals surface area (Å²) in [6.45, 7) is -0.467. The number of carbonyl (C=O) groups is 1. The second-order valence-corrected chi connectivity index (χ2v) is 5.25. The van der Waals surface area contributed by atoms with Crippen molar-refractivity contribution in [2.24, 2.45) is 0 Å². The zero-order valence-electron chi connectivity index (χ0n) is 8.94. The lowest BCUT2D eigenvalue weighted by Crippen LogP contribution is -2.30. The van der Waals surface area contributed by atoms with Crippen molar-refractivity contribution in [2.75, 3.05) is 19.4 Å². The van der Waals surface area contributed by atoms with Gasteiger partial charge in [0, 0.05) is 5.02 Å². The van der Waals surface area contributed by atoms with Crippen LogP contribution in [0.2, 0.25) is 5.02 Å². The minimum atomic E-state index is -3.88. The SMILES string of the molecule is COC(=O)CNS(=O)(=O)c1cc(Cl)ccc1N. The summed E-state index contributed by atoms with van der Waals surface area (Å²) in [5.74, 6) is -0.700. The first-order chi connectivity index (χ1) is 7.86. The summed E-state index contributed by atoms with van der Waals surface area (Å²) in [6.07, 6.45) is 0. The van der Waals surface area contributed by atoms with E-state index in [2.05, 4.69) is 9.46 Å². The number of hydrogen-bond donors (Lipinski definition) is 2. The molecule has 6 nitrogen and oxygen atoms in total. The first-order valence-corrected chi connectivity index (χ1v) is 6.34. The van der Waals surface area contributed by atoms with Crippen LogP contribution in [0.5, 0.6) is 0 Å². The maximum absolute atomic E-state index is 11.8. The number of esters is 1. The minimum Gasteiger partial charge on any atom is -0.468 e. The average Bonchev–Trinajstić information content (AvgIpc) is 2.29. The molecule has 3 N–H and O–H groups in total. The molecule has 0 saturated heterocycles. The van der Waals surface area contributed by atoms with Crippen LogP contribution in [0.3, 0.4) is 0 Å². The van der Waals surface area contributed by atoms with Crippen molar-refractivity contribution >= 4 is 33.3 Å². The standard InChI is InChI=1S/C9H11ClN2O4S/c1-16-9(13)5-12-17(14,15)8-4-6(10)2-3-7(8)11/h2-4,12H,5,11H2,1H3. The van der Waals surface area contributed by atoms with E-state index in [-0.39, 0.29) is 15.6 Å². The fraction of sp³-hybridized carbons (Fsp3) is 0.222. The molecule has 0 unspecified atom stereocenters. The lowest BCUT2D eigenvalue weighted by molar-refractivity contribution is -0.139. The summed E-state index contributed by atoms with van der Waals surface area (Å²) in [5, 5.41) is 0.234. The van der Waals surface area contributed by atoms with Crippen molar-refractivity contribution in [3.8, 4) is 0 Å². The van der Waals surface area contributed by atoms with Gasteiger partial charge in [-0.25, -0.2) is 8.42 Å². The Labute approximate surface area is 104 Å². The second-order valence-electron chi connectivity index (χ2n) is 3.08. The van der Waals surface area contributed by atoms with E-state index in [1.54, 1.807) is 0 Å². The van der Waals surface area contributed by atoms with E-state index in [9.17, 15) is 13.2 Å². The number of methoxy groups -OCH3 is 1. The Hall–Kier alpha value is -1.31. The summed E-state index contributed by atoms with van der Waals surface area (Å²) < 4.78 is 29.9. The zero-order chi connectivity index (χ0) is 13.1. The Bertz CT molecular complexity index is 530. The van der Waals surface area contributed by atoms with E-state index in [4.69, 9.17) is 17.3 Å². The van der Waals surface area contributed by atoms with Crippen LogP contribution in [0.4, 0.5) is 5.69 Å². The highest BCUT2D eigenvalue weighted by Crippen LogP contribution is 2.22. The lowest BCUT2D eigenvalue weighted by atomic mass is 10.3. The van der Waals surface area contributed by atoms with E-state index in [0.29, 0.717) is 0 Å². The van der Waals surface area contributed by atoms with E-state index in [1.165, 1.54) is 18.2 Å². The fourth-order valence-electron chi connectivity index (χ4n) is 1.04. The van der Waals surface area contributed by atoms with Gasteiger partial charge < -0.3 is 10.5 Å². The van der Waals surface area contributed by atoms with E-state index in [1.807, 2.05) is 0 Å². The second kappa shape index (κ2) is 5.35. The normalized spacial score (nSPS) is 11.2. The van der Waals surface area contributed by atoms with E-state index < -0.39 is 22.5 Å². The highest BCUT2D eigenvalue weighted by Gasteiger charge is 2.18. The number of benzene rings is 1. The molecule has 0 aromatic heterocycles.